The lowest BCUT2D eigenvalue weighted by Crippen LogP contribution is -2.32. The number of fused-ring (bicyclic) bond motifs is 6. The van der Waals surface area contributed by atoms with Gasteiger partial charge in [-0.3, -0.25) is 4.79 Å². The van der Waals surface area contributed by atoms with E-state index in [9.17, 15) is 41.8 Å². The summed E-state index contributed by atoms with van der Waals surface area (Å²) in [6, 6.07) is 11.9. The van der Waals surface area contributed by atoms with E-state index >= 15 is 0 Å². The first-order chi connectivity index (χ1) is 18.5. The van der Waals surface area contributed by atoms with Crippen LogP contribution in [0.4, 0.5) is 27.6 Å². The molecule has 3 N–H and O–H groups in total. The Hall–Kier alpha value is -5.13. The van der Waals surface area contributed by atoms with Gasteiger partial charge < -0.3 is 25.0 Å². The zero-order valence-corrected chi connectivity index (χ0v) is 19.1. The van der Waals surface area contributed by atoms with Gasteiger partial charge in [-0.1, -0.05) is 6.07 Å². The number of phenolic OH excluding ortho intramolecular Hbond substituents is 2. The molecular weight excluding hydrogens is 529 g/mol. The standard InChI is InChI=1S/C27H12F5NO6/c28-20-19(21(29)23(31)24(32)22(20)30)25(36)33-10-1-4-14-13(7-10)26(37)39-27(14)15-5-2-11(34)8-17(15)38-18-9-12(35)3-6-16(18)27/h1-9,34-35H,(H,33,36). The van der Waals surface area contributed by atoms with E-state index in [0.717, 1.165) is 6.07 Å². The molecule has 0 fully saturated rings. The molecule has 2 heterocycles. The van der Waals surface area contributed by atoms with Crippen LogP contribution in [0.25, 0.3) is 0 Å². The van der Waals surface area contributed by atoms with Crippen LogP contribution in [0.3, 0.4) is 0 Å². The third-order valence-corrected chi connectivity index (χ3v) is 6.47. The molecule has 0 saturated heterocycles. The van der Waals surface area contributed by atoms with Gasteiger partial charge in [-0.15, -0.1) is 0 Å². The number of hydrogen-bond donors (Lipinski definition) is 3. The van der Waals surface area contributed by atoms with Crippen molar-refractivity contribution in [1.29, 1.82) is 0 Å². The molecule has 2 aliphatic rings. The van der Waals surface area contributed by atoms with Gasteiger partial charge in [0.1, 0.15) is 28.6 Å². The number of anilines is 1. The van der Waals surface area contributed by atoms with Crippen molar-refractivity contribution in [1.82, 2.24) is 0 Å². The molecule has 12 heteroatoms. The minimum Gasteiger partial charge on any atom is -0.508 e. The average Bonchev–Trinajstić information content (AvgIpc) is 3.18. The Morgan fingerprint density at radius 2 is 1.23 bits per heavy atom. The molecule has 39 heavy (non-hydrogen) atoms. The Balaban J connectivity index is 1.46. The number of esters is 1. The molecule has 1 spiro atoms. The summed E-state index contributed by atoms with van der Waals surface area (Å²) in [4.78, 5) is 25.6. The molecule has 6 rings (SSSR count). The van der Waals surface area contributed by atoms with E-state index in [-0.39, 0.29) is 39.8 Å². The van der Waals surface area contributed by atoms with E-state index in [1.807, 2.05) is 5.32 Å². The number of aromatic hydroxyl groups is 2. The largest absolute Gasteiger partial charge is 0.508 e. The van der Waals surface area contributed by atoms with Crippen LogP contribution in [-0.4, -0.2) is 22.1 Å². The van der Waals surface area contributed by atoms with Gasteiger partial charge in [0.2, 0.25) is 5.82 Å². The molecule has 0 unspecified atom stereocenters. The minimum atomic E-state index is -2.41. The molecule has 0 aromatic heterocycles. The fraction of sp³-hybridized carbons (Fsp3) is 0.0370. The van der Waals surface area contributed by atoms with Crippen molar-refractivity contribution in [3.63, 3.8) is 0 Å². The predicted octanol–water partition coefficient (Wildman–Crippen LogP) is 5.61. The molecule has 4 aromatic rings. The van der Waals surface area contributed by atoms with Crippen molar-refractivity contribution >= 4 is 17.6 Å². The topological polar surface area (TPSA) is 105 Å². The minimum absolute atomic E-state index is 0.0924. The van der Waals surface area contributed by atoms with Gasteiger partial charge in [-0.2, -0.15) is 0 Å². The molecule has 0 atom stereocenters. The summed E-state index contributed by atoms with van der Waals surface area (Å²) in [7, 11) is 0. The molecule has 0 bridgehead atoms. The lowest BCUT2D eigenvalue weighted by molar-refractivity contribution is 0.0224. The maximum Gasteiger partial charge on any atom is 0.340 e. The molecule has 0 radical (unpaired) electrons. The molecule has 2 aliphatic heterocycles. The predicted molar refractivity (Wildman–Crippen MR) is 122 cm³/mol. The quantitative estimate of drug-likeness (QED) is 0.132. The molecule has 4 aromatic carbocycles. The summed E-state index contributed by atoms with van der Waals surface area (Å²) in [6.07, 6.45) is 0. The van der Waals surface area contributed by atoms with Crippen LogP contribution >= 0.6 is 0 Å². The van der Waals surface area contributed by atoms with Crippen molar-refractivity contribution in [2.24, 2.45) is 0 Å². The zero-order valence-electron chi connectivity index (χ0n) is 19.1. The third kappa shape index (κ3) is 3.34. The Morgan fingerprint density at radius 3 is 1.79 bits per heavy atom. The molecule has 0 saturated carbocycles. The summed E-state index contributed by atoms with van der Waals surface area (Å²) in [5.41, 5.74) is -2.71. The lowest BCUT2D eigenvalue weighted by Gasteiger charge is -2.36. The fourth-order valence-electron chi connectivity index (χ4n) is 4.78. The number of carbonyl (C=O) groups excluding carboxylic acids is 2. The molecular formula is C27H12F5NO6. The normalized spacial score (nSPS) is 14.2. The van der Waals surface area contributed by atoms with E-state index in [1.165, 1.54) is 48.5 Å². The molecule has 1 amide bonds. The monoisotopic (exact) mass is 541 g/mol. The third-order valence-electron chi connectivity index (χ3n) is 6.47. The Morgan fingerprint density at radius 1 is 0.718 bits per heavy atom. The molecule has 0 aliphatic carbocycles. The van der Waals surface area contributed by atoms with Crippen LogP contribution < -0.4 is 10.1 Å². The van der Waals surface area contributed by atoms with E-state index in [2.05, 4.69) is 0 Å². The molecule has 196 valence electrons. The van der Waals surface area contributed by atoms with Gasteiger partial charge in [0, 0.05) is 34.5 Å². The van der Waals surface area contributed by atoms with Crippen LogP contribution in [0, 0.1) is 29.1 Å². The highest BCUT2D eigenvalue weighted by molar-refractivity contribution is 6.06. The number of ether oxygens (including phenoxy) is 2. The van der Waals surface area contributed by atoms with Gasteiger partial charge in [-0.05, 0) is 36.4 Å². The second-order valence-corrected chi connectivity index (χ2v) is 8.69. The number of carbonyl (C=O) groups is 2. The lowest BCUT2D eigenvalue weighted by atomic mass is 9.77. The summed E-state index contributed by atoms with van der Waals surface area (Å²) in [5.74, 6) is -14.2. The first-order valence-corrected chi connectivity index (χ1v) is 11.1. The van der Waals surface area contributed by atoms with Crippen LogP contribution in [0.2, 0.25) is 0 Å². The number of benzene rings is 4. The second-order valence-electron chi connectivity index (χ2n) is 8.69. The fourth-order valence-corrected chi connectivity index (χ4v) is 4.78. The highest BCUT2D eigenvalue weighted by atomic mass is 19.2. The first-order valence-electron chi connectivity index (χ1n) is 11.1. The van der Waals surface area contributed by atoms with Crippen molar-refractivity contribution in [3.8, 4) is 23.0 Å². The summed E-state index contributed by atoms with van der Waals surface area (Å²) < 4.78 is 80.4. The Bertz CT molecular complexity index is 1690. The van der Waals surface area contributed by atoms with E-state index < -0.39 is 52.1 Å². The van der Waals surface area contributed by atoms with Gasteiger partial charge >= 0.3 is 5.97 Å². The second kappa shape index (κ2) is 8.18. The van der Waals surface area contributed by atoms with Crippen molar-refractivity contribution < 1.29 is 51.2 Å². The zero-order chi connectivity index (χ0) is 27.8. The van der Waals surface area contributed by atoms with Crippen LogP contribution in [0.1, 0.15) is 37.4 Å². The highest BCUT2D eigenvalue weighted by Gasteiger charge is 2.53. The van der Waals surface area contributed by atoms with E-state index in [4.69, 9.17) is 9.47 Å². The Labute approximate surface area is 214 Å². The first kappa shape index (κ1) is 24.2. The molecule has 7 nitrogen and oxygen atoms in total. The van der Waals surface area contributed by atoms with Gasteiger partial charge in [0.05, 0.1) is 5.56 Å². The SMILES string of the molecule is O=C1OC2(c3ccc(O)cc3Oc3cc(O)ccc32)c2ccc(NC(=O)c3c(F)c(F)c(F)c(F)c3F)cc21. The Kier molecular flexibility index (Phi) is 5.08. The van der Waals surface area contributed by atoms with Gasteiger partial charge in [0.15, 0.2) is 28.9 Å². The smallest absolute Gasteiger partial charge is 0.340 e. The summed E-state index contributed by atoms with van der Waals surface area (Å²) >= 11 is 0. The van der Waals surface area contributed by atoms with E-state index in [0.29, 0.717) is 11.1 Å². The number of amides is 1. The number of halogens is 5. The highest BCUT2D eigenvalue weighted by Crippen LogP contribution is 2.57. The summed E-state index contributed by atoms with van der Waals surface area (Å²) in [6.45, 7) is 0. The average molecular weight is 541 g/mol. The number of phenols is 2. The van der Waals surface area contributed by atoms with Crippen molar-refractivity contribution in [2.45, 2.75) is 5.60 Å². The van der Waals surface area contributed by atoms with Crippen LogP contribution in [-0.2, 0) is 10.3 Å². The number of nitrogens with one attached hydrogen (secondary N) is 1. The van der Waals surface area contributed by atoms with Crippen LogP contribution in [0.5, 0.6) is 23.0 Å². The summed E-state index contributed by atoms with van der Waals surface area (Å²) in [5, 5.41) is 22.0. The van der Waals surface area contributed by atoms with Crippen molar-refractivity contribution in [3.05, 3.63) is 112 Å². The number of rotatable bonds is 2. The van der Waals surface area contributed by atoms with Gasteiger partial charge in [0.25, 0.3) is 5.91 Å². The maximum absolute atomic E-state index is 14.1. The number of hydrogen-bond acceptors (Lipinski definition) is 6. The van der Waals surface area contributed by atoms with Gasteiger partial charge in [-0.25, -0.2) is 26.7 Å². The van der Waals surface area contributed by atoms with Crippen molar-refractivity contribution in [2.75, 3.05) is 5.32 Å². The van der Waals surface area contributed by atoms with E-state index in [1.54, 1.807) is 0 Å². The van der Waals surface area contributed by atoms with Crippen LogP contribution in [0.15, 0.2) is 54.6 Å². The maximum atomic E-state index is 14.1.